The van der Waals surface area contributed by atoms with E-state index in [-0.39, 0.29) is 22.8 Å². The Morgan fingerprint density at radius 2 is 1.84 bits per heavy atom. The summed E-state index contributed by atoms with van der Waals surface area (Å²) in [5.41, 5.74) is 0.955. The van der Waals surface area contributed by atoms with Gasteiger partial charge in [-0.2, -0.15) is 0 Å². The van der Waals surface area contributed by atoms with Crippen LogP contribution in [0.3, 0.4) is 0 Å². The second-order valence-electron chi connectivity index (χ2n) is 5.08. The lowest BCUT2D eigenvalue weighted by Gasteiger charge is -2.07. The molecule has 0 fully saturated rings. The highest BCUT2D eigenvalue weighted by Crippen LogP contribution is 2.29. The molecule has 0 bridgehead atoms. The van der Waals surface area contributed by atoms with E-state index in [9.17, 15) is 14.7 Å². The van der Waals surface area contributed by atoms with E-state index in [0.29, 0.717) is 11.3 Å². The molecule has 0 unspecified atom stereocenters. The van der Waals surface area contributed by atoms with E-state index in [1.54, 1.807) is 36.4 Å². The van der Waals surface area contributed by atoms with Crippen molar-refractivity contribution in [1.82, 2.24) is 5.16 Å². The van der Waals surface area contributed by atoms with Crippen LogP contribution in [0.25, 0.3) is 11.3 Å². The molecule has 0 radical (unpaired) electrons. The summed E-state index contributed by atoms with van der Waals surface area (Å²) in [6.45, 7) is 0. The van der Waals surface area contributed by atoms with Crippen LogP contribution in [0.15, 0.2) is 59.1 Å². The molecule has 0 atom stereocenters. The third kappa shape index (κ3) is 3.35. The maximum absolute atomic E-state index is 12.4. The van der Waals surface area contributed by atoms with E-state index < -0.39 is 11.9 Å². The number of amides is 1. The SMILES string of the molecule is COC(=O)c1ccccc1NC(=O)c1cc(-c2ccccc2O)on1. The first-order chi connectivity index (χ1) is 12.1. The number of phenols is 1. The highest BCUT2D eigenvalue weighted by Gasteiger charge is 2.18. The summed E-state index contributed by atoms with van der Waals surface area (Å²) in [6, 6.07) is 14.4. The maximum atomic E-state index is 12.4. The molecule has 1 aromatic heterocycles. The van der Waals surface area contributed by atoms with E-state index in [1.165, 1.54) is 25.3 Å². The summed E-state index contributed by atoms with van der Waals surface area (Å²) < 4.78 is 9.81. The minimum atomic E-state index is -0.564. The Balaban J connectivity index is 1.84. The van der Waals surface area contributed by atoms with E-state index in [0.717, 1.165) is 0 Å². The van der Waals surface area contributed by atoms with E-state index in [1.807, 2.05) is 0 Å². The van der Waals surface area contributed by atoms with Crippen molar-refractivity contribution in [3.05, 3.63) is 65.9 Å². The number of para-hydroxylation sites is 2. The molecule has 3 rings (SSSR count). The lowest BCUT2D eigenvalue weighted by molar-refractivity contribution is 0.0602. The molecular weight excluding hydrogens is 324 g/mol. The zero-order valence-electron chi connectivity index (χ0n) is 13.2. The lowest BCUT2D eigenvalue weighted by Crippen LogP contribution is -2.15. The van der Waals surface area contributed by atoms with Crippen molar-refractivity contribution in [3.8, 4) is 17.1 Å². The van der Waals surface area contributed by atoms with Gasteiger partial charge < -0.3 is 19.7 Å². The fourth-order valence-corrected chi connectivity index (χ4v) is 2.26. The molecule has 0 saturated heterocycles. The second-order valence-corrected chi connectivity index (χ2v) is 5.08. The third-order valence-corrected chi connectivity index (χ3v) is 3.49. The number of hydrogen-bond acceptors (Lipinski definition) is 6. The normalized spacial score (nSPS) is 10.3. The Labute approximate surface area is 142 Å². The van der Waals surface area contributed by atoms with Crippen LogP contribution in [0.2, 0.25) is 0 Å². The van der Waals surface area contributed by atoms with Crippen molar-refractivity contribution in [2.75, 3.05) is 12.4 Å². The number of rotatable bonds is 4. The first kappa shape index (κ1) is 16.3. The van der Waals surface area contributed by atoms with Crippen LogP contribution in [0.5, 0.6) is 5.75 Å². The molecule has 0 spiro atoms. The number of methoxy groups -OCH3 is 1. The summed E-state index contributed by atoms with van der Waals surface area (Å²) in [5.74, 6) is -0.848. The molecule has 7 heteroatoms. The van der Waals surface area contributed by atoms with E-state index in [4.69, 9.17) is 4.52 Å². The van der Waals surface area contributed by atoms with Crippen molar-refractivity contribution < 1.29 is 24.0 Å². The van der Waals surface area contributed by atoms with Crippen LogP contribution >= 0.6 is 0 Å². The number of carbonyl (C=O) groups excluding carboxylic acids is 2. The van der Waals surface area contributed by atoms with Gasteiger partial charge >= 0.3 is 5.97 Å². The maximum Gasteiger partial charge on any atom is 0.339 e. The summed E-state index contributed by atoms with van der Waals surface area (Å²) in [4.78, 5) is 24.1. The lowest BCUT2D eigenvalue weighted by atomic mass is 10.1. The number of aromatic nitrogens is 1. The van der Waals surface area contributed by atoms with E-state index >= 15 is 0 Å². The number of benzene rings is 2. The van der Waals surface area contributed by atoms with Crippen molar-refractivity contribution in [3.63, 3.8) is 0 Å². The average Bonchev–Trinajstić information content (AvgIpc) is 3.12. The summed E-state index contributed by atoms with van der Waals surface area (Å²) in [5, 5.41) is 16.1. The van der Waals surface area contributed by atoms with Gasteiger partial charge in [0.2, 0.25) is 0 Å². The number of aromatic hydroxyl groups is 1. The summed E-state index contributed by atoms with van der Waals surface area (Å²) >= 11 is 0. The van der Waals surface area contributed by atoms with Gasteiger partial charge in [0, 0.05) is 6.07 Å². The second kappa shape index (κ2) is 6.88. The highest BCUT2D eigenvalue weighted by atomic mass is 16.5. The van der Waals surface area contributed by atoms with Crippen LogP contribution < -0.4 is 5.32 Å². The van der Waals surface area contributed by atoms with Gasteiger partial charge in [0.1, 0.15) is 5.75 Å². The molecule has 2 aromatic carbocycles. The molecule has 0 saturated carbocycles. The van der Waals surface area contributed by atoms with Gasteiger partial charge in [-0.05, 0) is 24.3 Å². The van der Waals surface area contributed by atoms with Crippen LogP contribution in [0.1, 0.15) is 20.8 Å². The molecule has 0 aliphatic heterocycles. The van der Waals surface area contributed by atoms with Crippen molar-refractivity contribution in [1.29, 1.82) is 0 Å². The Hall–Kier alpha value is -3.61. The smallest absolute Gasteiger partial charge is 0.339 e. The number of phenolic OH excluding ortho intramolecular Hbond substituents is 1. The number of ether oxygens (including phenoxy) is 1. The summed E-state index contributed by atoms with van der Waals surface area (Å²) in [7, 11) is 1.26. The standard InChI is InChI=1S/C18H14N2O5/c1-24-18(23)11-6-2-4-8-13(11)19-17(22)14-10-16(25-20-14)12-7-3-5-9-15(12)21/h2-10,21H,1H3,(H,19,22). The zero-order chi connectivity index (χ0) is 17.8. The monoisotopic (exact) mass is 338 g/mol. The Kier molecular flexibility index (Phi) is 4.47. The van der Waals surface area contributed by atoms with Gasteiger partial charge in [0.25, 0.3) is 5.91 Å². The fraction of sp³-hybridized carbons (Fsp3) is 0.0556. The Morgan fingerprint density at radius 3 is 2.60 bits per heavy atom. The molecule has 3 aromatic rings. The number of nitrogens with one attached hydrogen (secondary N) is 1. The van der Waals surface area contributed by atoms with Gasteiger partial charge in [-0.3, -0.25) is 4.79 Å². The van der Waals surface area contributed by atoms with Crippen LogP contribution in [-0.2, 0) is 4.74 Å². The number of nitrogens with zero attached hydrogens (tertiary/aromatic N) is 1. The van der Waals surface area contributed by atoms with Crippen LogP contribution in [0, 0.1) is 0 Å². The molecule has 7 nitrogen and oxygen atoms in total. The van der Waals surface area contributed by atoms with Crippen molar-refractivity contribution in [2.24, 2.45) is 0 Å². The Morgan fingerprint density at radius 1 is 1.12 bits per heavy atom. The van der Waals surface area contributed by atoms with Crippen molar-refractivity contribution in [2.45, 2.75) is 0 Å². The predicted molar refractivity (Wildman–Crippen MR) is 89.3 cm³/mol. The largest absolute Gasteiger partial charge is 0.507 e. The minimum Gasteiger partial charge on any atom is -0.507 e. The molecule has 0 aliphatic carbocycles. The molecule has 1 heterocycles. The number of carbonyl (C=O) groups is 2. The first-order valence-electron chi connectivity index (χ1n) is 7.34. The van der Waals surface area contributed by atoms with Crippen LogP contribution in [0.4, 0.5) is 5.69 Å². The number of esters is 1. The molecule has 25 heavy (non-hydrogen) atoms. The highest BCUT2D eigenvalue weighted by molar-refractivity contribution is 6.07. The van der Waals surface area contributed by atoms with Gasteiger partial charge in [0.15, 0.2) is 11.5 Å². The fourth-order valence-electron chi connectivity index (χ4n) is 2.26. The predicted octanol–water partition coefficient (Wildman–Crippen LogP) is 3.09. The van der Waals surface area contributed by atoms with Crippen LogP contribution in [-0.4, -0.2) is 29.2 Å². The molecule has 0 aliphatic rings. The minimum absolute atomic E-state index is 0.0120. The van der Waals surface area contributed by atoms with Gasteiger partial charge in [-0.15, -0.1) is 0 Å². The zero-order valence-corrected chi connectivity index (χ0v) is 13.2. The molecule has 1 amide bonds. The molecule has 126 valence electrons. The van der Waals surface area contributed by atoms with Gasteiger partial charge in [-0.1, -0.05) is 29.4 Å². The van der Waals surface area contributed by atoms with Gasteiger partial charge in [-0.25, -0.2) is 4.79 Å². The topological polar surface area (TPSA) is 102 Å². The summed E-state index contributed by atoms with van der Waals surface area (Å²) in [6.07, 6.45) is 0. The first-order valence-corrected chi connectivity index (χ1v) is 7.34. The van der Waals surface area contributed by atoms with Gasteiger partial charge in [0.05, 0.1) is 23.9 Å². The molecule has 2 N–H and O–H groups in total. The van der Waals surface area contributed by atoms with E-state index in [2.05, 4.69) is 15.2 Å². The molecular formula is C18H14N2O5. The van der Waals surface area contributed by atoms with Crippen molar-refractivity contribution >= 4 is 17.6 Å². The Bertz CT molecular complexity index is 932. The quantitative estimate of drug-likeness (QED) is 0.709. The third-order valence-electron chi connectivity index (χ3n) is 3.49. The number of anilines is 1. The average molecular weight is 338 g/mol. The number of hydrogen-bond donors (Lipinski definition) is 2.